The van der Waals surface area contributed by atoms with Gasteiger partial charge in [0.05, 0.1) is 5.69 Å². The molecule has 0 fully saturated rings. The Kier molecular flexibility index (Phi) is 6.93. The van der Waals surface area contributed by atoms with E-state index in [1.165, 1.54) is 82.3 Å². The molecule has 0 unspecified atom stereocenters. The van der Waals surface area contributed by atoms with Crippen LogP contribution in [0.4, 0.5) is 11.4 Å². The summed E-state index contributed by atoms with van der Waals surface area (Å²) in [5.74, 6) is 0. The van der Waals surface area contributed by atoms with E-state index in [0.29, 0.717) is 0 Å². The van der Waals surface area contributed by atoms with Crippen molar-refractivity contribution in [1.82, 2.24) is 0 Å². The largest absolute Gasteiger partial charge is 0.340 e. The predicted molar refractivity (Wildman–Crippen MR) is 192 cm³/mol. The van der Waals surface area contributed by atoms with E-state index in [9.17, 15) is 0 Å². The molecule has 0 saturated carbocycles. The molecular weight excluding hydrogens is 530 g/mol. The van der Waals surface area contributed by atoms with Crippen LogP contribution in [0.5, 0.6) is 0 Å². The van der Waals surface area contributed by atoms with Crippen molar-refractivity contribution in [2.75, 3.05) is 11.4 Å². The zero-order valence-corrected chi connectivity index (χ0v) is 26.8. The molecular formula is C43H41N. The van der Waals surface area contributed by atoms with Gasteiger partial charge in [-0.25, -0.2) is 0 Å². The molecule has 1 heterocycles. The average molecular weight is 572 g/mol. The Labute approximate surface area is 261 Å². The van der Waals surface area contributed by atoms with Gasteiger partial charge in [0.25, 0.3) is 0 Å². The van der Waals surface area contributed by atoms with Crippen molar-refractivity contribution in [3.05, 3.63) is 130 Å². The number of benzene rings is 6. The Morgan fingerprint density at radius 1 is 0.591 bits per heavy atom. The molecule has 0 amide bonds. The van der Waals surface area contributed by atoms with Crippen LogP contribution in [0.1, 0.15) is 58.2 Å². The molecule has 0 aromatic heterocycles. The van der Waals surface area contributed by atoms with Crippen molar-refractivity contribution in [2.24, 2.45) is 0 Å². The van der Waals surface area contributed by atoms with Crippen LogP contribution in [-0.2, 0) is 11.8 Å². The Morgan fingerprint density at radius 2 is 1.18 bits per heavy atom. The van der Waals surface area contributed by atoms with E-state index in [4.69, 9.17) is 0 Å². The van der Waals surface area contributed by atoms with Crippen molar-refractivity contribution in [2.45, 2.75) is 53.4 Å². The van der Waals surface area contributed by atoms with E-state index in [0.717, 1.165) is 13.0 Å². The fraction of sp³-hybridized carbons (Fsp3) is 0.209. The van der Waals surface area contributed by atoms with Gasteiger partial charge in [-0.2, -0.15) is 0 Å². The molecule has 1 nitrogen and oxygen atoms in total. The molecule has 0 atom stereocenters. The van der Waals surface area contributed by atoms with E-state index in [2.05, 4.69) is 148 Å². The topological polar surface area (TPSA) is 3.24 Å². The standard InChI is InChI=1S/C41H35N.C2H6/c1-5-27-28(6-2)40(42-24-23-26-15-7-14-22-37(26)42)32-19-11-10-18-31(32)38(27)34-25-36-39(30-17-9-8-16-29(30)34)33-20-12-13-21-35(33)41(36,3)4;1-2/h5-22,25H,23-24H2,1-4H3;1-2H3/b27-5+,28-6+;. The lowest BCUT2D eigenvalue weighted by atomic mass is 9.79. The van der Waals surface area contributed by atoms with Gasteiger partial charge in [-0.3, -0.25) is 0 Å². The molecule has 6 aromatic carbocycles. The van der Waals surface area contributed by atoms with E-state index in [1.807, 2.05) is 13.8 Å². The maximum absolute atomic E-state index is 2.56. The van der Waals surface area contributed by atoms with Gasteiger partial charge in [-0.15, -0.1) is 0 Å². The fourth-order valence-corrected chi connectivity index (χ4v) is 7.96. The molecule has 1 aliphatic carbocycles. The molecule has 0 N–H and O–H groups in total. The van der Waals surface area contributed by atoms with Gasteiger partial charge in [-0.05, 0) is 92.7 Å². The molecule has 44 heavy (non-hydrogen) atoms. The Balaban J connectivity index is 0.00000153. The molecule has 0 bridgehead atoms. The second-order valence-electron chi connectivity index (χ2n) is 12.3. The maximum atomic E-state index is 2.56. The minimum absolute atomic E-state index is 0.0739. The summed E-state index contributed by atoms with van der Waals surface area (Å²) in [4.78, 5) is 2.56. The number of hydrogen-bond donors (Lipinski definition) is 0. The molecule has 6 aromatic rings. The third kappa shape index (κ3) is 3.92. The molecule has 8 rings (SSSR count). The van der Waals surface area contributed by atoms with Crippen LogP contribution in [0.15, 0.2) is 103 Å². The summed E-state index contributed by atoms with van der Waals surface area (Å²) in [5, 5.41) is 7.92. The van der Waals surface area contributed by atoms with Crippen molar-refractivity contribution in [3.8, 4) is 22.3 Å². The highest BCUT2D eigenvalue weighted by molar-refractivity contribution is 6.14. The Bertz CT molecular complexity index is 2200. The third-order valence-electron chi connectivity index (χ3n) is 9.86. The van der Waals surface area contributed by atoms with Crippen LogP contribution in [0, 0.1) is 0 Å². The summed E-state index contributed by atoms with van der Waals surface area (Å²) in [6, 6.07) is 38.6. The Morgan fingerprint density at radius 3 is 1.91 bits per heavy atom. The minimum Gasteiger partial charge on any atom is -0.340 e. The summed E-state index contributed by atoms with van der Waals surface area (Å²) in [5.41, 5.74) is 12.3. The first-order chi connectivity index (χ1) is 21.5. The lowest BCUT2D eigenvalue weighted by Crippen LogP contribution is -2.34. The van der Waals surface area contributed by atoms with Crippen LogP contribution in [0.2, 0.25) is 0 Å². The predicted octanol–water partition coefficient (Wildman–Crippen LogP) is 10.3. The molecule has 1 aliphatic heterocycles. The van der Waals surface area contributed by atoms with Crippen LogP contribution >= 0.6 is 0 Å². The van der Waals surface area contributed by atoms with E-state index >= 15 is 0 Å². The summed E-state index contributed by atoms with van der Waals surface area (Å²) >= 11 is 0. The van der Waals surface area contributed by atoms with Gasteiger partial charge >= 0.3 is 0 Å². The van der Waals surface area contributed by atoms with Crippen LogP contribution < -0.4 is 15.3 Å². The van der Waals surface area contributed by atoms with Crippen LogP contribution in [0.3, 0.4) is 0 Å². The Hall–Kier alpha value is -4.62. The number of para-hydroxylation sites is 1. The highest BCUT2D eigenvalue weighted by Gasteiger charge is 2.37. The van der Waals surface area contributed by atoms with Crippen molar-refractivity contribution >= 4 is 45.1 Å². The molecule has 1 heteroatoms. The smallest absolute Gasteiger partial charge is 0.0567 e. The fourth-order valence-electron chi connectivity index (χ4n) is 7.96. The monoisotopic (exact) mass is 571 g/mol. The highest BCUT2D eigenvalue weighted by Crippen LogP contribution is 2.53. The van der Waals surface area contributed by atoms with E-state index in [1.54, 1.807) is 0 Å². The van der Waals surface area contributed by atoms with Gasteiger partial charge in [0, 0.05) is 28.3 Å². The first kappa shape index (κ1) is 28.2. The first-order valence-corrected chi connectivity index (χ1v) is 16.2. The second-order valence-corrected chi connectivity index (χ2v) is 12.3. The number of hydrogen-bond acceptors (Lipinski definition) is 1. The van der Waals surface area contributed by atoms with Crippen LogP contribution in [0.25, 0.3) is 56.0 Å². The number of nitrogens with zero attached hydrogens (tertiary/aromatic N) is 1. The summed E-state index contributed by atoms with van der Waals surface area (Å²) in [7, 11) is 0. The van der Waals surface area contributed by atoms with Gasteiger partial charge in [-0.1, -0.05) is 131 Å². The van der Waals surface area contributed by atoms with Crippen LogP contribution in [-0.4, -0.2) is 6.54 Å². The van der Waals surface area contributed by atoms with Gasteiger partial charge in [0.1, 0.15) is 0 Å². The number of rotatable bonds is 2. The quantitative estimate of drug-likeness (QED) is 0.200. The maximum Gasteiger partial charge on any atom is 0.0567 e. The summed E-state index contributed by atoms with van der Waals surface area (Å²) in [6.07, 6.45) is 5.74. The lowest BCUT2D eigenvalue weighted by Gasteiger charge is -2.26. The molecule has 0 saturated heterocycles. The number of fused-ring (bicyclic) bond motifs is 7. The van der Waals surface area contributed by atoms with Gasteiger partial charge in [0.15, 0.2) is 0 Å². The zero-order valence-electron chi connectivity index (χ0n) is 26.8. The highest BCUT2D eigenvalue weighted by atomic mass is 15.2. The van der Waals surface area contributed by atoms with E-state index in [-0.39, 0.29) is 5.41 Å². The number of anilines is 2. The molecule has 0 spiro atoms. The SMILES string of the molecule is C/C=c1/c(-c2cc3c(c4ccccc24)-c2ccccc2C3(C)C)c2ccccc2c(N2CCc3ccccc32)/c1=C/C.CC. The van der Waals surface area contributed by atoms with E-state index < -0.39 is 0 Å². The molecule has 218 valence electrons. The zero-order chi connectivity index (χ0) is 30.6. The lowest BCUT2D eigenvalue weighted by molar-refractivity contribution is 0.661. The average Bonchev–Trinajstić information content (AvgIpc) is 3.60. The summed E-state index contributed by atoms with van der Waals surface area (Å²) < 4.78 is 0. The molecule has 2 aliphatic rings. The van der Waals surface area contributed by atoms with Gasteiger partial charge in [0.2, 0.25) is 0 Å². The summed E-state index contributed by atoms with van der Waals surface area (Å²) in [6.45, 7) is 14.2. The van der Waals surface area contributed by atoms with Gasteiger partial charge < -0.3 is 4.90 Å². The second kappa shape index (κ2) is 10.8. The third-order valence-corrected chi connectivity index (χ3v) is 9.86. The van der Waals surface area contributed by atoms with Crippen molar-refractivity contribution in [1.29, 1.82) is 0 Å². The van der Waals surface area contributed by atoms with Crippen molar-refractivity contribution < 1.29 is 0 Å². The minimum atomic E-state index is -0.0739. The van der Waals surface area contributed by atoms with Crippen molar-refractivity contribution in [3.63, 3.8) is 0 Å². The molecule has 0 radical (unpaired) electrons. The normalized spacial score (nSPS) is 15.3. The first-order valence-electron chi connectivity index (χ1n) is 16.2.